The molecule has 0 saturated heterocycles. The summed E-state index contributed by atoms with van der Waals surface area (Å²) in [4.78, 5) is 2.32. The van der Waals surface area contributed by atoms with E-state index in [9.17, 15) is 0 Å². The van der Waals surface area contributed by atoms with Crippen LogP contribution in [0.5, 0.6) is 0 Å². The van der Waals surface area contributed by atoms with Crippen LogP contribution in [0.15, 0.2) is 223 Å². The highest BCUT2D eigenvalue weighted by Gasteiger charge is 2.16. The van der Waals surface area contributed by atoms with E-state index in [0.29, 0.717) is 0 Å². The third-order valence-electron chi connectivity index (χ3n) is 11.2. The van der Waals surface area contributed by atoms with E-state index in [1.165, 1.54) is 49.6 Å². The molecule has 0 saturated carbocycles. The molecule has 11 aromatic rings. The maximum absolute atomic E-state index is 6.21. The predicted molar refractivity (Wildman–Crippen MR) is 239 cm³/mol. The van der Waals surface area contributed by atoms with Gasteiger partial charge in [0.15, 0.2) is 0 Å². The van der Waals surface area contributed by atoms with E-state index < -0.39 is 0 Å². The number of fused-ring (bicyclic) bond motifs is 6. The number of hydrogen-bond acceptors (Lipinski definition) is 2. The van der Waals surface area contributed by atoms with Gasteiger partial charge in [-0.05, 0) is 112 Å². The van der Waals surface area contributed by atoms with E-state index in [2.05, 4.69) is 216 Å². The Morgan fingerprint density at radius 3 is 1.53 bits per heavy atom. The Bertz CT molecular complexity index is 3170. The molecule has 57 heavy (non-hydrogen) atoms. The largest absolute Gasteiger partial charge is 0.456 e. The molecule has 0 atom stereocenters. The Morgan fingerprint density at radius 1 is 0.333 bits per heavy atom. The minimum atomic E-state index is 0.908. The lowest BCUT2D eigenvalue weighted by Crippen LogP contribution is -2.09. The summed E-state index contributed by atoms with van der Waals surface area (Å²) in [6.07, 6.45) is 0. The summed E-state index contributed by atoms with van der Waals surface area (Å²) in [6.45, 7) is 0. The van der Waals surface area contributed by atoms with Gasteiger partial charge in [0, 0.05) is 44.3 Å². The second-order valence-electron chi connectivity index (χ2n) is 14.5. The Morgan fingerprint density at radius 2 is 0.842 bits per heavy atom. The zero-order valence-corrected chi connectivity index (χ0v) is 31.1. The number of benzene rings is 9. The second-order valence-corrected chi connectivity index (χ2v) is 14.5. The molecule has 0 fully saturated rings. The molecule has 0 unspecified atom stereocenters. The summed E-state index contributed by atoms with van der Waals surface area (Å²) in [5, 5.41) is 4.82. The first-order valence-corrected chi connectivity index (χ1v) is 19.4. The second kappa shape index (κ2) is 13.6. The Labute approximate surface area is 330 Å². The fourth-order valence-corrected chi connectivity index (χ4v) is 8.54. The Balaban J connectivity index is 0.924. The highest BCUT2D eigenvalue weighted by atomic mass is 16.3. The molecule has 3 nitrogen and oxygen atoms in total. The van der Waals surface area contributed by atoms with Crippen molar-refractivity contribution >= 4 is 60.8 Å². The molecule has 2 aromatic heterocycles. The summed E-state index contributed by atoms with van der Waals surface area (Å²) >= 11 is 0. The van der Waals surface area contributed by atoms with Gasteiger partial charge in [-0.15, -0.1) is 0 Å². The minimum Gasteiger partial charge on any atom is -0.456 e. The maximum atomic E-state index is 6.21. The number of para-hydroxylation sites is 4. The number of furan rings is 1. The van der Waals surface area contributed by atoms with Gasteiger partial charge in [-0.2, -0.15) is 0 Å². The van der Waals surface area contributed by atoms with Crippen molar-refractivity contribution in [3.63, 3.8) is 0 Å². The molecular formula is C54H36N2O. The lowest BCUT2D eigenvalue weighted by Gasteiger charge is -2.26. The molecule has 11 rings (SSSR count). The minimum absolute atomic E-state index is 0.908. The zero-order chi connectivity index (χ0) is 37.7. The number of nitrogens with zero attached hydrogens (tertiary/aromatic N) is 2. The van der Waals surface area contributed by atoms with Crippen LogP contribution in [0.25, 0.3) is 82.8 Å². The summed E-state index contributed by atoms with van der Waals surface area (Å²) in [5.74, 6) is 0. The Hall–Kier alpha value is -7.62. The highest BCUT2D eigenvalue weighted by Crippen LogP contribution is 2.40. The maximum Gasteiger partial charge on any atom is 0.136 e. The SMILES string of the molecule is c1ccc(N(c2ccc(-c3cccc(-c4cccc5oc6ccccc6c45)c3)cc2)c2ccc(-c3cccc(-n4c5ccccc5c5ccccc54)c3)cc2)cc1. The monoisotopic (exact) mass is 728 g/mol. The van der Waals surface area contributed by atoms with Crippen LogP contribution in [0, 0.1) is 0 Å². The smallest absolute Gasteiger partial charge is 0.136 e. The van der Waals surface area contributed by atoms with Crippen LogP contribution in [0.1, 0.15) is 0 Å². The van der Waals surface area contributed by atoms with Gasteiger partial charge in [0.25, 0.3) is 0 Å². The van der Waals surface area contributed by atoms with Crippen molar-refractivity contribution in [2.75, 3.05) is 4.90 Å². The molecule has 0 bridgehead atoms. The molecule has 0 radical (unpaired) electrons. The third-order valence-corrected chi connectivity index (χ3v) is 11.2. The highest BCUT2D eigenvalue weighted by molar-refractivity contribution is 6.12. The Kier molecular flexibility index (Phi) is 7.82. The van der Waals surface area contributed by atoms with E-state index in [4.69, 9.17) is 4.42 Å². The third kappa shape index (κ3) is 5.68. The van der Waals surface area contributed by atoms with Crippen molar-refractivity contribution in [1.29, 1.82) is 0 Å². The molecule has 0 N–H and O–H groups in total. The van der Waals surface area contributed by atoms with Crippen LogP contribution in [0.3, 0.4) is 0 Å². The average molecular weight is 729 g/mol. The van der Waals surface area contributed by atoms with Crippen molar-refractivity contribution in [1.82, 2.24) is 4.57 Å². The number of rotatable bonds is 7. The summed E-state index contributed by atoms with van der Waals surface area (Å²) in [6, 6.07) is 78.1. The molecule has 2 heterocycles. The lowest BCUT2D eigenvalue weighted by atomic mass is 9.96. The normalized spacial score (nSPS) is 11.5. The summed E-state index contributed by atoms with van der Waals surface area (Å²) in [7, 11) is 0. The molecule has 0 amide bonds. The van der Waals surface area contributed by atoms with Gasteiger partial charge in [-0.25, -0.2) is 0 Å². The van der Waals surface area contributed by atoms with Gasteiger partial charge < -0.3 is 13.9 Å². The van der Waals surface area contributed by atoms with Gasteiger partial charge in [0.05, 0.1) is 11.0 Å². The first-order valence-electron chi connectivity index (χ1n) is 19.4. The van der Waals surface area contributed by atoms with E-state index in [1.54, 1.807) is 0 Å². The summed E-state index contributed by atoms with van der Waals surface area (Å²) in [5.41, 5.74) is 15.7. The topological polar surface area (TPSA) is 21.3 Å². The van der Waals surface area contributed by atoms with Gasteiger partial charge in [0.1, 0.15) is 11.2 Å². The van der Waals surface area contributed by atoms with Gasteiger partial charge in [-0.3, -0.25) is 0 Å². The van der Waals surface area contributed by atoms with Crippen LogP contribution in [0.4, 0.5) is 17.1 Å². The van der Waals surface area contributed by atoms with Gasteiger partial charge >= 0.3 is 0 Å². The predicted octanol–water partition coefficient (Wildman–Crippen LogP) is 15.2. The standard InChI is InChI=1S/C54H36N2O/c1-2-16-42(17-3-1)55(43-31-27-37(28-32-43)39-13-10-15-41(35-39)46-22-12-26-53-54(46)49-21-6-9-25-52(49)57-53)44-33-29-38(30-34-44)40-14-11-18-45(36-40)56-50-23-7-4-19-47(50)48-20-5-8-24-51(48)56/h1-36H. The molecule has 9 aromatic carbocycles. The van der Waals surface area contributed by atoms with E-state index in [0.717, 1.165) is 50.3 Å². The van der Waals surface area contributed by atoms with Crippen molar-refractivity contribution in [2.24, 2.45) is 0 Å². The van der Waals surface area contributed by atoms with E-state index in [1.807, 2.05) is 12.1 Å². The molecule has 0 aliphatic rings. The van der Waals surface area contributed by atoms with Crippen LogP contribution >= 0.6 is 0 Å². The van der Waals surface area contributed by atoms with Crippen molar-refractivity contribution in [3.05, 3.63) is 218 Å². The van der Waals surface area contributed by atoms with E-state index >= 15 is 0 Å². The average Bonchev–Trinajstić information content (AvgIpc) is 3.84. The molecule has 0 aliphatic heterocycles. The van der Waals surface area contributed by atoms with Crippen molar-refractivity contribution in [2.45, 2.75) is 0 Å². The number of aromatic nitrogens is 1. The lowest BCUT2D eigenvalue weighted by molar-refractivity contribution is 0.669. The first-order chi connectivity index (χ1) is 28.3. The van der Waals surface area contributed by atoms with Crippen LogP contribution < -0.4 is 4.90 Å². The molecule has 3 heteroatoms. The number of hydrogen-bond donors (Lipinski definition) is 0. The van der Waals surface area contributed by atoms with Crippen LogP contribution in [-0.2, 0) is 0 Å². The van der Waals surface area contributed by atoms with Gasteiger partial charge in [0.2, 0.25) is 0 Å². The molecule has 0 spiro atoms. The van der Waals surface area contributed by atoms with Crippen LogP contribution in [-0.4, -0.2) is 4.57 Å². The molecule has 0 aliphatic carbocycles. The zero-order valence-electron chi connectivity index (χ0n) is 31.1. The fourth-order valence-electron chi connectivity index (χ4n) is 8.54. The molecule has 268 valence electrons. The molecular weight excluding hydrogens is 693 g/mol. The van der Waals surface area contributed by atoms with E-state index in [-0.39, 0.29) is 0 Å². The summed E-state index contributed by atoms with van der Waals surface area (Å²) < 4.78 is 8.58. The van der Waals surface area contributed by atoms with Crippen molar-refractivity contribution < 1.29 is 4.42 Å². The quantitative estimate of drug-likeness (QED) is 0.163. The van der Waals surface area contributed by atoms with Gasteiger partial charge in [-0.1, -0.05) is 140 Å². The van der Waals surface area contributed by atoms with Crippen molar-refractivity contribution in [3.8, 4) is 39.1 Å². The fraction of sp³-hybridized carbons (Fsp3) is 0. The first kappa shape index (κ1) is 32.8. The van der Waals surface area contributed by atoms with Crippen LogP contribution in [0.2, 0.25) is 0 Å². The number of anilines is 3.